The molecule has 0 bridgehead atoms. The number of para-hydroxylation sites is 1. The van der Waals surface area contributed by atoms with Crippen LogP contribution in [0.25, 0.3) is 0 Å². The van der Waals surface area contributed by atoms with Gasteiger partial charge in [-0.05, 0) is 36.6 Å². The molecule has 9 nitrogen and oxygen atoms in total. The first-order chi connectivity index (χ1) is 17.5. The van der Waals surface area contributed by atoms with Crippen molar-refractivity contribution in [1.82, 2.24) is 15.1 Å². The molecule has 1 aromatic heterocycles. The van der Waals surface area contributed by atoms with E-state index in [4.69, 9.17) is 0 Å². The number of aryl methyl sites for hydroxylation is 1. The summed E-state index contributed by atoms with van der Waals surface area (Å²) in [6.07, 6.45) is 1.66. The van der Waals surface area contributed by atoms with E-state index in [1.165, 1.54) is 16.2 Å². The molecular weight excluding hydrogens is 478 g/mol. The lowest BCUT2D eigenvalue weighted by atomic mass is 10.1. The van der Waals surface area contributed by atoms with Crippen LogP contribution in [-0.4, -0.2) is 51.8 Å². The van der Waals surface area contributed by atoms with Crippen molar-refractivity contribution >= 4 is 45.8 Å². The Hall–Kier alpha value is -3.92. The van der Waals surface area contributed by atoms with Crippen molar-refractivity contribution in [3.8, 4) is 0 Å². The van der Waals surface area contributed by atoms with Gasteiger partial charge >= 0.3 is 0 Å². The van der Waals surface area contributed by atoms with Gasteiger partial charge in [-0.15, -0.1) is 10.2 Å². The zero-order valence-electron chi connectivity index (χ0n) is 19.8. The van der Waals surface area contributed by atoms with E-state index < -0.39 is 0 Å². The number of rotatable bonds is 8. The molecule has 0 aliphatic carbocycles. The van der Waals surface area contributed by atoms with Crippen molar-refractivity contribution in [3.63, 3.8) is 0 Å². The largest absolute Gasteiger partial charge is 0.311 e. The third-order valence-electron chi connectivity index (χ3n) is 6.49. The molecule has 1 saturated heterocycles. The smallest absolute Gasteiger partial charge is 0.261 e. The topological polar surface area (TPSA) is 113 Å². The molecule has 2 aromatic carbocycles. The Morgan fingerprint density at radius 1 is 1.03 bits per heavy atom. The lowest BCUT2D eigenvalue weighted by Gasteiger charge is -2.19. The van der Waals surface area contributed by atoms with Crippen LogP contribution >= 0.6 is 11.3 Å². The average Bonchev–Trinajstić information content (AvgIpc) is 3.57. The van der Waals surface area contributed by atoms with Gasteiger partial charge in [0.25, 0.3) is 11.8 Å². The number of anilines is 2. The molecule has 4 amide bonds. The first kappa shape index (κ1) is 23.8. The Balaban J connectivity index is 1.14. The van der Waals surface area contributed by atoms with Crippen LogP contribution in [0.5, 0.6) is 0 Å². The molecule has 0 saturated carbocycles. The maximum Gasteiger partial charge on any atom is 0.261 e. The van der Waals surface area contributed by atoms with E-state index in [2.05, 4.69) is 22.4 Å². The van der Waals surface area contributed by atoms with Crippen molar-refractivity contribution in [2.75, 3.05) is 23.3 Å². The molecule has 0 spiro atoms. The standard InChI is InChI=1S/C26H25N5O4S/c1-2-16-8-3-6-11-20(16)31-15-17(14-22(31)33)23-28-29-26(36-23)27-21(32)12-7-13-30-24(34)18-9-4-5-10-19(18)25(30)35/h3-6,8-11,17H,2,7,12-15H2,1H3,(H,27,29,32). The van der Waals surface area contributed by atoms with Gasteiger partial charge in [-0.3, -0.25) is 24.1 Å². The molecule has 1 atom stereocenters. The van der Waals surface area contributed by atoms with E-state index in [-0.39, 0.29) is 42.5 Å². The number of hydrogen-bond donors (Lipinski definition) is 1. The maximum atomic E-state index is 12.7. The lowest BCUT2D eigenvalue weighted by Crippen LogP contribution is -2.31. The van der Waals surface area contributed by atoms with Crippen LogP contribution in [0.2, 0.25) is 0 Å². The minimum atomic E-state index is -0.327. The number of fused-ring (bicyclic) bond motifs is 1. The van der Waals surface area contributed by atoms with Gasteiger partial charge in [0.15, 0.2) is 0 Å². The Kier molecular flexibility index (Phi) is 6.60. The van der Waals surface area contributed by atoms with E-state index in [0.717, 1.165) is 17.7 Å². The van der Waals surface area contributed by atoms with E-state index in [1.54, 1.807) is 24.3 Å². The van der Waals surface area contributed by atoms with Gasteiger partial charge in [-0.1, -0.05) is 48.6 Å². The minimum Gasteiger partial charge on any atom is -0.311 e. The maximum absolute atomic E-state index is 12.7. The zero-order valence-corrected chi connectivity index (χ0v) is 20.6. The van der Waals surface area contributed by atoms with Gasteiger partial charge in [0, 0.05) is 37.5 Å². The molecule has 3 aromatic rings. The molecule has 1 unspecified atom stereocenters. The van der Waals surface area contributed by atoms with Crippen LogP contribution in [0.1, 0.15) is 63.4 Å². The number of amides is 4. The lowest BCUT2D eigenvalue weighted by molar-refractivity contribution is -0.117. The van der Waals surface area contributed by atoms with E-state index in [9.17, 15) is 19.2 Å². The molecule has 184 valence electrons. The zero-order chi connectivity index (χ0) is 25.2. The molecular formula is C26H25N5O4S. The molecule has 2 aliphatic rings. The Morgan fingerprint density at radius 2 is 1.72 bits per heavy atom. The second-order valence-corrected chi connectivity index (χ2v) is 9.80. The summed E-state index contributed by atoms with van der Waals surface area (Å²) in [6.45, 7) is 2.76. The van der Waals surface area contributed by atoms with Crippen molar-refractivity contribution in [1.29, 1.82) is 0 Å². The van der Waals surface area contributed by atoms with Gasteiger partial charge in [-0.2, -0.15) is 0 Å². The minimum absolute atomic E-state index is 0.0508. The Morgan fingerprint density at radius 3 is 2.44 bits per heavy atom. The van der Waals surface area contributed by atoms with Crippen molar-refractivity contribution in [2.45, 2.75) is 38.5 Å². The molecule has 2 aliphatic heterocycles. The Bertz CT molecular complexity index is 1320. The summed E-state index contributed by atoms with van der Waals surface area (Å²) in [6, 6.07) is 14.6. The van der Waals surface area contributed by atoms with Gasteiger partial charge in [0.1, 0.15) is 5.01 Å². The van der Waals surface area contributed by atoms with E-state index in [0.29, 0.717) is 40.7 Å². The van der Waals surface area contributed by atoms with Gasteiger partial charge < -0.3 is 10.2 Å². The summed E-state index contributed by atoms with van der Waals surface area (Å²) in [5, 5.41) is 12.1. The third kappa shape index (κ3) is 4.51. The SMILES string of the molecule is CCc1ccccc1N1CC(c2nnc(NC(=O)CCCN3C(=O)c4ccccc4C3=O)s2)CC1=O. The summed E-state index contributed by atoms with van der Waals surface area (Å²) in [7, 11) is 0. The van der Waals surface area contributed by atoms with E-state index in [1.807, 2.05) is 29.2 Å². The number of carbonyl (C=O) groups is 4. The number of carbonyl (C=O) groups excluding carboxylic acids is 4. The molecule has 3 heterocycles. The van der Waals surface area contributed by atoms with Crippen LogP contribution in [-0.2, 0) is 16.0 Å². The number of benzene rings is 2. The van der Waals surface area contributed by atoms with Crippen LogP contribution in [0.3, 0.4) is 0 Å². The number of imide groups is 1. The highest BCUT2D eigenvalue weighted by molar-refractivity contribution is 7.15. The van der Waals surface area contributed by atoms with Crippen LogP contribution < -0.4 is 10.2 Å². The molecule has 5 rings (SSSR count). The normalized spacial score (nSPS) is 17.1. The van der Waals surface area contributed by atoms with Crippen molar-refractivity contribution < 1.29 is 19.2 Å². The number of hydrogen-bond acceptors (Lipinski definition) is 7. The molecule has 0 radical (unpaired) electrons. The predicted molar refractivity (Wildman–Crippen MR) is 135 cm³/mol. The Labute approximate surface area is 212 Å². The summed E-state index contributed by atoms with van der Waals surface area (Å²) >= 11 is 1.27. The summed E-state index contributed by atoms with van der Waals surface area (Å²) < 4.78 is 0. The van der Waals surface area contributed by atoms with Crippen molar-refractivity contribution in [3.05, 3.63) is 70.2 Å². The first-order valence-electron chi connectivity index (χ1n) is 11.9. The third-order valence-corrected chi connectivity index (χ3v) is 7.49. The van der Waals surface area contributed by atoms with Crippen LogP contribution in [0.15, 0.2) is 48.5 Å². The first-order valence-corrected chi connectivity index (χ1v) is 12.7. The fourth-order valence-electron chi connectivity index (χ4n) is 4.65. The summed E-state index contributed by atoms with van der Waals surface area (Å²) in [5.74, 6) is -0.956. The molecule has 36 heavy (non-hydrogen) atoms. The van der Waals surface area contributed by atoms with Crippen LogP contribution in [0.4, 0.5) is 10.8 Å². The number of nitrogens with one attached hydrogen (secondary N) is 1. The van der Waals surface area contributed by atoms with Gasteiger partial charge in [0.2, 0.25) is 16.9 Å². The number of aromatic nitrogens is 2. The summed E-state index contributed by atoms with van der Waals surface area (Å²) in [4.78, 5) is 53.0. The number of nitrogens with zero attached hydrogens (tertiary/aromatic N) is 4. The predicted octanol–water partition coefficient (Wildman–Crippen LogP) is 3.64. The van der Waals surface area contributed by atoms with Crippen LogP contribution in [0, 0.1) is 0 Å². The second kappa shape index (κ2) is 9.98. The second-order valence-electron chi connectivity index (χ2n) is 8.79. The highest BCUT2D eigenvalue weighted by atomic mass is 32.1. The van der Waals surface area contributed by atoms with Crippen molar-refractivity contribution in [2.24, 2.45) is 0 Å². The van der Waals surface area contributed by atoms with Gasteiger partial charge in [-0.25, -0.2) is 0 Å². The molecule has 10 heteroatoms. The fourth-order valence-corrected chi connectivity index (χ4v) is 5.50. The fraction of sp³-hybridized carbons (Fsp3) is 0.308. The quantitative estimate of drug-likeness (QED) is 0.470. The summed E-state index contributed by atoms with van der Waals surface area (Å²) in [5.41, 5.74) is 2.85. The molecule has 1 fully saturated rings. The average molecular weight is 504 g/mol. The monoisotopic (exact) mass is 503 g/mol. The highest BCUT2D eigenvalue weighted by Gasteiger charge is 2.36. The van der Waals surface area contributed by atoms with E-state index >= 15 is 0 Å². The molecule has 1 N–H and O–H groups in total. The van der Waals surface area contributed by atoms with Gasteiger partial charge in [0.05, 0.1) is 11.1 Å². The highest BCUT2D eigenvalue weighted by Crippen LogP contribution is 2.35.